The van der Waals surface area contributed by atoms with Gasteiger partial charge in [-0.3, -0.25) is 9.48 Å². The fourth-order valence-electron chi connectivity index (χ4n) is 3.33. The normalized spacial score (nSPS) is 19.5. The van der Waals surface area contributed by atoms with E-state index in [4.69, 9.17) is 0 Å². The van der Waals surface area contributed by atoms with Crippen molar-refractivity contribution in [1.82, 2.24) is 15.1 Å². The summed E-state index contributed by atoms with van der Waals surface area (Å²) in [7, 11) is 0. The Labute approximate surface area is 129 Å². The molecule has 6 nitrogen and oxygen atoms in total. The van der Waals surface area contributed by atoms with Crippen molar-refractivity contribution in [3.63, 3.8) is 0 Å². The lowest BCUT2D eigenvalue weighted by molar-refractivity contribution is -0.141. The molecule has 0 spiro atoms. The smallest absolute Gasteiger partial charge is 0.326 e. The summed E-state index contributed by atoms with van der Waals surface area (Å²) in [5.41, 5.74) is 0.423. The Morgan fingerprint density at radius 3 is 2.32 bits per heavy atom. The zero-order chi connectivity index (χ0) is 15.9. The first-order valence-electron chi connectivity index (χ1n) is 8.06. The van der Waals surface area contributed by atoms with Crippen LogP contribution in [0.3, 0.4) is 0 Å². The molecular weight excluding hydrogens is 282 g/mol. The zero-order valence-electron chi connectivity index (χ0n) is 13.0. The van der Waals surface area contributed by atoms with Crippen molar-refractivity contribution in [3.8, 4) is 0 Å². The van der Waals surface area contributed by atoms with Crippen LogP contribution in [-0.2, 0) is 4.79 Å². The molecule has 1 amide bonds. The van der Waals surface area contributed by atoms with Gasteiger partial charge in [0, 0.05) is 12.2 Å². The highest BCUT2D eigenvalue weighted by Gasteiger charge is 2.48. The molecule has 2 fully saturated rings. The molecule has 22 heavy (non-hydrogen) atoms. The van der Waals surface area contributed by atoms with Crippen molar-refractivity contribution in [1.29, 1.82) is 0 Å². The summed E-state index contributed by atoms with van der Waals surface area (Å²) in [5, 5.41) is 16.5. The van der Waals surface area contributed by atoms with E-state index in [0.29, 0.717) is 17.5 Å². The van der Waals surface area contributed by atoms with Crippen LogP contribution in [0.25, 0.3) is 0 Å². The second-order valence-electron chi connectivity index (χ2n) is 6.80. The lowest BCUT2D eigenvalue weighted by Gasteiger charge is -2.25. The third-order valence-electron chi connectivity index (χ3n) is 4.66. The average molecular weight is 305 g/mol. The van der Waals surface area contributed by atoms with Gasteiger partial charge < -0.3 is 10.4 Å². The molecule has 0 unspecified atom stereocenters. The Balaban J connectivity index is 1.77. The average Bonchev–Trinajstić information content (AvgIpc) is 3.38. The third-order valence-corrected chi connectivity index (χ3v) is 4.66. The molecule has 1 aromatic heterocycles. The monoisotopic (exact) mass is 305 g/mol. The van der Waals surface area contributed by atoms with Crippen molar-refractivity contribution in [3.05, 3.63) is 18.0 Å². The number of rotatable bonds is 7. The van der Waals surface area contributed by atoms with Crippen LogP contribution in [0, 0.1) is 17.8 Å². The van der Waals surface area contributed by atoms with Crippen molar-refractivity contribution in [2.45, 2.75) is 51.6 Å². The first-order valence-corrected chi connectivity index (χ1v) is 8.06. The first kappa shape index (κ1) is 15.1. The van der Waals surface area contributed by atoms with Crippen molar-refractivity contribution < 1.29 is 14.7 Å². The van der Waals surface area contributed by atoms with Crippen LogP contribution in [0.5, 0.6) is 0 Å². The van der Waals surface area contributed by atoms with Crippen LogP contribution in [0.15, 0.2) is 12.3 Å². The number of aromatic nitrogens is 2. The highest BCUT2D eigenvalue weighted by atomic mass is 16.4. The van der Waals surface area contributed by atoms with E-state index in [1.165, 1.54) is 0 Å². The van der Waals surface area contributed by atoms with Gasteiger partial charge in [-0.15, -0.1) is 0 Å². The quantitative estimate of drug-likeness (QED) is 0.808. The molecule has 0 bridgehead atoms. The number of hydrogen-bond acceptors (Lipinski definition) is 3. The highest BCUT2D eigenvalue weighted by Crippen LogP contribution is 2.50. The Morgan fingerprint density at radius 1 is 1.27 bits per heavy atom. The molecule has 0 radical (unpaired) electrons. The second kappa shape index (κ2) is 5.74. The van der Waals surface area contributed by atoms with Crippen LogP contribution in [0.2, 0.25) is 0 Å². The summed E-state index contributed by atoms with van der Waals surface area (Å²) in [5.74, 6) is -0.262. The number of nitrogens with zero attached hydrogens (tertiary/aromatic N) is 2. The lowest BCUT2D eigenvalue weighted by Crippen LogP contribution is -2.48. The van der Waals surface area contributed by atoms with E-state index in [1.54, 1.807) is 16.9 Å². The van der Waals surface area contributed by atoms with Crippen LogP contribution in [-0.4, -0.2) is 32.8 Å². The molecule has 2 N–H and O–H groups in total. The fourth-order valence-corrected chi connectivity index (χ4v) is 3.33. The predicted octanol–water partition coefficient (Wildman–Crippen LogP) is 2.08. The minimum atomic E-state index is -0.923. The van der Waals surface area contributed by atoms with Crippen LogP contribution >= 0.6 is 0 Å². The maximum atomic E-state index is 12.5. The number of carbonyl (C=O) groups excluding carboxylic acids is 1. The lowest BCUT2D eigenvalue weighted by atomic mass is 9.89. The van der Waals surface area contributed by atoms with Crippen LogP contribution in [0.4, 0.5) is 0 Å². The van der Waals surface area contributed by atoms with Gasteiger partial charge in [0.15, 0.2) is 0 Å². The molecule has 2 aliphatic carbocycles. The zero-order valence-corrected chi connectivity index (χ0v) is 13.0. The minimum Gasteiger partial charge on any atom is -0.480 e. The van der Waals surface area contributed by atoms with E-state index in [1.807, 2.05) is 13.8 Å². The first-order chi connectivity index (χ1) is 10.5. The van der Waals surface area contributed by atoms with E-state index < -0.39 is 12.0 Å². The van der Waals surface area contributed by atoms with Gasteiger partial charge in [0.05, 0.1) is 0 Å². The number of carboxylic acids is 1. The summed E-state index contributed by atoms with van der Waals surface area (Å²) < 4.78 is 1.62. The number of carboxylic acid groups (broad SMARTS) is 1. The predicted molar refractivity (Wildman–Crippen MR) is 80.4 cm³/mol. The molecule has 0 aliphatic heterocycles. The largest absolute Gasteiger partial charge is 0.480 e. The summed E-state index contributed by atoms with van der Waals surface area (Å²) in [6, 6.07) is 0.905. The number of nitrogens with one attached hydrogen (secondary N) is 1. The molecule has 1 heterocycles. The Morgan fingerprint density at radius 2 is 1.86 bits per heavy atom. The second-order valence-corrected chi connectivity index (χ2v) is 6.80. The van der Waals surface area contributed by atoms with Gasteiger partial charge >= 0.3 is 5.97 Å². The van der Waals surface area contributed by atoms with Crippen LogP contribution < -0.4 is 5.32 Å². The van der Waals surface area contributed by atoms with Gasteiger partial charge in [0.1, 0.15) is 11.7 Å². The van der Waals surface area contributed by atoms with Gasteiger partial charge in [-0.05, 0) is 63.4 Å². The molecule has 0 aromatic carbocycles. The van der Waals surface area contributed by atoms with Crippen LogP contribution in [0.1, 0.15) is 56.1 Å². The molecule has 120 valence electrons. The third kappa shape index (κ3) is 3.00. The molecule has 0 saturated heterocycles. The molecule has 3 rings (SSSR count). The van der Waals surface area contributed by atoms with Crippen molar-refractivity contribution in [2.24, 2.45) is 17.8 Å². The van der Waals surface area contributed by atoms with Gasteiger partial charge in [0.25, 0.3) is 5.91 Å². The number of aliphatic carboxylic acids is 1. The Kier molecular flexibility index (Phi) is 3.93. The SMILES string of the molecule is CC(C)n1nccc1C(=O)N[C@H](C(=O)O)C(C1CC1)C1CC1. The molecular formula is C16H23N3O3. The number of carbonyl (C=O) groups is 2. The van der Waals surface area contributed by atoms with E-state index in [9.17, 15) is 14.7 Å². The summed E-state index contributed by atoms with van der Waals surface area (Å²) in [6.07, 6.45) is 5.93. The topological polar surface area (TPSA) is 84.2 Å². The van der Waals surface area contributed by atoms with Crippen molar-refractivity contribution in [2.75, 3.05) is 0 Å². The number of amides is 1. The molecule has 2 saturated carbocycles. The molecule has 1 atom stereocenters. The fraction of sp³-hybridized carbons (Fsp3) is 0.688. The van der Waals surface area contributed by atoms with E-state index in [2.05, 4.69) is 10.4 Å². The summed E-state index contributed by atoms with van der Waals surface area (Å²) in [6.45, 7) is 3.88. The Hall–Kier alpha value is -1.85. The Bertz CT molecular complexity index is 561. The van der Waals surface area contributed by atoms with Gasteiger partial charge in [-0.25, -0.2) is 4.79 Å². The minimum absolute atomic E-state index is 0.0571. The van der Waals surface area contributed by atoms with E-state index >= 15 is 0 Å². The summed E-state index contributed by atoms with van der Waals surface area (Å²) >= 11 is 0. The van der Waals surface area contributed by atoms with Crippen molar-refractivity contribution >= 4 is 11.9 Å². The summed E-state index contributed by atoms with van der Waals surface area (Å²) in [4.78, 5) is 24.2. The molecule has 1 aromatic rings. The number of hydrogen-bond donors (Lipinski definition) is 2. The molecule has 6 heteroatoms. The van der Waals surface area contributed by atoms with Gasteiger partial charge in [0.2, 0.25) is 0 Å². The van der Waals surface area contributed by atoms with E-state index in [0.717, 1.165) is 25.7 Å². The van der Waals surface area contributed by atoms with Gasteiger partial charge in [-0.2, -0.15) is 5.10 Å². The van der Waals surface area contributed by atoms with Gasteiger partial charge in [-0.1, -0.05) is 0 Å². The van der Waals surface area contributed by atoms with E-state index in [-0.39, 0.29) is 17.9 Å². The highest BCUT2D eigenvalue weighted by molar-refractivity contribution is 5.95. The standard InChI is InChI=1S/C16H23N3O3/c1-9(2)19-12(7-8-17-19)15(20)18-14(16(21)22)13(10-3-4-10)11-5-6-11/h7-11,13-14H,3-6H2,1-2H3,(H,18,20)(H,21,22)/t14-/m0/s1. The maximum Gasteiger partial charge on any atom is 0.326 e. The molecule has 2 aliphatic rings. The maximum absolute atomic E-state index is 12.5.